The first kappa shape index (κ1) is 14.3. The van der Waals surface area contributed by atoms with E-state index < -0.39 is 11.8 Å². The molecule has 0 saturated carbocycles. The van der Waals surface area contributed by atoms with Gasteiger partial charge in [0.15, 0.2) is 0 Å². The first-order valence-corrected chi connectivity index (χ1v) is 6.21. The number of furan rings is 1. The van der Waals surface area contributed by atoms with Gasteiger partial charge in [0.1, 0.15) is 11.6 Å². The van der Waals surface area contributed by atoms with Crippen molar-refractivity contribution in [1.82, 2.24) is 4.90 Å². The average Bonchev–Trinajstić information content (AvgIpc) is 2.77. The highest BCUT2D eigenvalue weighted by Gasteiger charge is 2.15. The van der Waals surface area contributed by atoms with Gasteiger partial charge in [-0.1, -0.05) is 12.1 Å². The van der Waals surface area contributed by atoms with Gasteiger partial charge in [-0.3, -0.25) is 4.90 Å². The van der Waals surface area contributed by atoms with Crippen molar-refractivity contribution >= 4 is 5.97 Å². The van der Waals surface area contributed by atoms with Gasteiger partial charge in [0.05, 0.1) is 11.8 Å². The van der Waals surface area contributed by atoms with Gasteiger partial charge in [-0.15, -0.1) is 0 Å². The number of carboxylic acids is 1. The van der Waals surface area contributed by atoms with Crippen LogP contribution in [0.4, 0.5) is 4.39 Å². The molecule has 0 aliphatic carbocycles. The van der Waals surface area contributed by atoms with Crippen molar-refractivity contribution in [3.63, 3.8) is 0 Å². The van der Waals surface area contributed by atoms with Crippen molar-refractivity contribution in [3.8, 4) is 0 Å². The molecule has 1 aromatic heterocycles. The van der Waals surface area contributed by atoms with Crippen LogP contribution in [0, 0.1) is 12.7 Å². The number of aromatic carboxylic acids is 1. The van der Waals surface area contributed by atoms with Crippen LogP contribution in [-0.4, -0.2) is 23.0 Å². The molecule has 2 rings (SSSR count). The summed E-state index contributed by atoms with van der Waals surface area (Å²) >= 11 is 0. The van der Waals surface area contributed by atoms with Crippen molar-refractivity contribution < 1.29 is 18.7 Å². The monoisotopic (exact) mass is 277 g/mol. The second-order valence-electron chi connectivity index (χ2n) is 4.76. The number of hydrogen-bond acceptors (Lipinski definition) is 3. The molecule has 5 heteroatoms. The minimum Gasteiger partial charge on any atom is -0.478 e. The third-order valence-electron chi connectivity index (χ3n) is 3.16. The van der Waals surface area contributed by atoms with Gasteiger partial charge in [-0.2, -0.15) is 0 Å². The number of hydrogen-bond donors (Lipinski definition) is 1. The molecule has 4 nitrogen and oxygen atoms in total. The minimum absolute atomic E-state index is 0.296. The lowest BCUT2D eigenvalue weighted by molar-refractivity contribution is 0.0691. The molecular weight excluding hydrogens is 261 g/mol. The fraction of sp³-hybridized carbons (Fsp3) is 0.267. The van der Waals surface area contributed by atoms with E-state index in [1.165, 1.54) is 6.07 Å². The highest BCUT2D eigenvalue weighted by molar-refractivity contribution is 5.88. The van der Waals surface area contributed by atoms with Crippen molar-refractivity contribution in [1.29, 1.82) is 0 Å². The first-order valence-electron chi connectivity index (χ1n) is 6.21. The number of benzene rings is 1. The Bertz CT molecular complexity index is 621. The van der Waals surface area contributed by atoms with Crippen molar-refractivity contribution in [3.05, 3.63) is 58.8 Å². The third kappa shape index (κ3) is 3.05. The largest absolute Gasteiger partial charge is 0.478 e. The zero-order valence-corrected chi connectivity index (χ0v) is 11.4. The van der Waals surface area contributed by atoms with Gasteiger partial charge < -0.3 is 9.52 Å². The molecule has 20 heavy (non-hydrogen) atoms. The van der Waals surface area contributed by atoms with E-state index >= 15 is 0 Å². The van der Waals surface area contributed by atoms with Crippen LogP contribution in [-0.2, 0) is 13.1 Å². The summed E-state index contributed by atoms with van der Waals surface area (Å²) in [5.41, 5.74) is 1.10. The molecular formula is C15H16FNO3. The maximum absolute atomic E-state index is 14.0. The Kier molecular flexibility index (Phi) is 4.20. The summed E-state index contributed by atoms with van der Waals surface area (Å²) in [7, 11) is 1.85. The van der Waals surface area contributed by atoms with E-state index in [0.717, 1.165) is 11.3 Å². The fourth-order valence-corrected chi connectivity index (χ4v) is 2.08. The summed E-state index contributed by atoms with van der Waals surface area (Å²) < 4.78 is 19.2. The number of carboxylic acid groups (broad SMARTS) is 1. The Morgan fingerprint density at radius 2 is 2.00 bits per heavy atom. The van der Waals surface area contributed by atoms with Crippen molar-refractivity contribution in [2.75, 3.05) is 7.05 Å². The second kappa shape index (κ2) is 5.88. The third-order valence-corrected chi connectivity index (χ3v) is 3.16. The molecule has 0 amide bonds. The van der Waals surface area contributed by atoms with Gasteiger partial charge in [0.25, 0.3) is 0 Å². The number of nitrogens with zero attached hydrogens (tertiary/aromatic N) is 1. The van der Waals surface area contributed by atoms with E-state index in [1.807, 2.05) is 24.9 Å². The summed E-state index contributed by atoms with van der Waals surface area (Å²) in [4.78, 5) is 12.8. The van der Waals surface area contributed by atoms with Crippen LogP contribution in [0.1, 0.15) is 27.2 Å². The first-order chi connectivity index (χ1) is 9.49. The van der Waals surface area contributed by atoms with Gasteiger partial charge in [0.2, 0.25) is 0 Å². The molecule has 106 valence electrons. The van der Waals surface area contributed by atoms with Crippen molar-refractivity contribution in [2.24, 2.45) is 0 Å². The molecule has 0 aliphatic rings. The highest BCUT2D eigenvalue weighted by Crippen LogP contribution is 2.17. The maximum atomic E-state index is 14.0. The molecule has 0 atom stereocenters. The van der Waals surface area contributed by atoms with E-state index in [0.29, 0.717) is 18.7 Å². The zero-order valence-electron chi connectivity index (χ0n) is 11.4. The quantitative estimate of drug-likeness (QED) is 0.912. The summed E-state index contributed by atoms with van der Waals surface area (Å²) in [6.07, 6.45) is 1.62. The minimum atomic E-state index is -1.25. The molecule has 1 aromatic carbocycles. The van der Waals surface area contributed by atoms with Gasteiger partial charge >= 0.3 is 5.97 Å². The lowest BCUT2D eigenvalue weighted by Gasteiger charge is -2.17. The maximum Gasteiger partial charge on any atom is 0.338 e. The molecule has 0 saturated heterocycles. The Morgan fingerprint density at radius 1 is 1.30 bits per heavy atom. The zero-order chi connectivity index (χ0) is 14.7. The summed E-state index contributed by atoms with van der Waals surface area (Å²) in [6, 6.07) is 6.29. The molecule has 0 aliphatic heterocycles. The smallest absolute Gasteiger partial charge is 0.338 e. The highest BCUT2D eigenvalue weighted by atomic mass is 19.1. The molecule has 1 heterocycles. The van der Waals surface area contributed by atoms with Gasteiger partial charge in [-0.05, 0) is 26.1 Å². The fourth-order valence-electron chi connectivity index (χ4n) is 2.08. The van der Waals surface area contributed by atoms with Crippen LogP contribution in [0.25, 0.3) is 0 Å². The Balaban J connectivity index is 2.12. The number of carbonyl (C=O) groups is 1. The molecule has 1 N–H and O–H groups in total. The van der Waals surface area contributed by atoms with Crippen LogP contribution in [0.2, 0.25) is 0 Å². The van der Waals surface area contributed by atoms with Crippen LogP contribution >= 0.6 is 0 Å². The summed E-state index contributed by atoms with van der Waals surface area (Å²) in [5, 5.41) is 8.90. The Morgan fingerprint density at radius 3 is 2.60 bits per heavy atom. The second-order valence-corrected chi connectivity index (χ2v) is 4.76. The predicted molar refractivity (Wildman–Crippen MR) is 72.0 cm³/mol. The van der Waals surface area contributed by atoms with Crippen LogP contribution in [0.15, 0.2) is 34.9 Å². The van der Waals surface area contributed by atoms with E-state index in [2.05, 4.69) is 0 Å². The number of rotatable bonds is 5. The van der Waals surface area contributed by atoms with Crippen LogP contribution < -0.4 is 0 Å². The molecule has 0 unspecified atom stereocenters. The predicted octanol–water partition coefficient (Wildman–Crippen LogP) is 3.06. The van der Waals surface area contributed by atoms with Gasteiger partial charge in [-0.25, -0.2) is 9.18 Å². The van der Waals surface area contributed by atoms with E-state index in [4.69, 9.17) is 9.52 Å². The van der Waals surface area contributed by atoms with Crippen LogP contribution in [0.3, 0.4) is 0 Å². The van der Waals surface area contributed by atoms with E-state index in [-0.39, 0.29) is 5.56 Å². The summed E-state index contributed by atoms with van der Waals surface area (Å²) in [5.74, 6) is -1.09. The molecule has 0 spiro atoms. The Labute approximate surface area is 116 Å². The number of aryl methyl sites for hydroxylation is 1. The molecule has 0 fully saturated rings. The lowest BCUT2D eigenvalue weighted by Crippen LogP contribution is -2.19. The number of halogens is 1. The van der Waals surface area contributed by atoms with Gasteiger partial charge in [0, 0.05) is 24.2 Å². The molecule has 2 aromatic rings. The molecule has 0 bridgehead atoms. The van der Waals surface area contributed by atoms with E-state index in [9.17, 15) is 9.18 Å². The summed E-state index contributed by atoms with van der Waals surface area (Å²) in [6.45, 7) is 2.81. The molecule has 0 radical (unpaired) electrons. The SMILES string of the molecule is Cc1occc1CN(C)Cc1cccc(C(=O)O)c1F. The average molecular weight is 277 g/mol. The lowest BCUT2D eigenvalue weighted by atomic mass is 10.1. The normalized spacial score (nSPS) is 11.0. The topological polar surface area (TPSA) is 53.7 Å². The van der Waals surface area contributed by atoms with Crippen molar-refractivity contribution in [2.45, 2.75) is 20.0 Å². The Hall–Kier alpha value is -2.14. The van der Waals surface area contributed by atoms with Crippen LogP contribution in [0.5, 0.6) is 0 Å². The standard InChI is InChI=1S/C15H16FNO3/c1-10-11(6-7-20-10)8-17(2)9-12-4-3-5-13(14(12)16)15(18)19/h3-7H,8-9H2,1-2H3,(H,18,19). The van der Waals surface area contributed by atoms with E-state index in [1.54, 1.807) is 18.4 Å².